The Balaban J connectivity index is 1.42. The van der Waals surface area contributed by atoms with Crippen LogP contribution in [0.15, 0.2) is 84.0 Å². The molecule has 3 aromatic carbocycles. The Morgan fingerprint density at radius 2 is 1.61 bits per heavy atom. The van der Waals surface area contributed by atoms with Crippen molar-refractivity contribution in [3.63, 3.8) is 0 Å². The second-order valence-corrected chi connectivity index (χ2v) is 9.05. The maximum atomic E-state index is 12.5. The monoisotopic (exact) mass is 532 g/mol. The summed E-state index contributed by atoms with van der Waals surface area (Å²) in [6.07, 6.45) is 0. The van der Waals surface area contributed by atoms with Gasteiger partial charge in [0.25, 0.3) is 5.69 Å². The minimum atomic E-state index is -0.497. The molecule has 0 saturated heterocycles. The molecule has 1 aromatic heterocycles. The first kappa shape index (κ1) is 26.4. The summed E-state index contributed by atoms with van der Waals surface area (Å²) in [5, 5.41) is 25.4. The van der Waals surface area contributed by atoms with Crippen LogP contribution < -0.4 is 15.4 Å². The minimum Gasteiger partial charge on any atom is -0.486 e. The molecule has 0 saturated carbocycles. The first-order chi connectivity index (χ1) is 18.4. The molecule has 0 radical (unpaired) electrons. The Morgan fingerprint density at radius 3 is 2.26 bits per heavy atom. The number of nitro benzene ring substituents is 1. The standard InChI is InChI=1S/C26H24N6O5S/c1-18(33)27-20-9-13-23(14-10-20)37-16-24-29-30-26(31(24)15-19-5-3-2-4-6-19)38-17-25(34)28-21-7-11-22(12-8-21)32(35)36/h2-14H,15-17H2,1H3,(H,27,33)(H,28,34). The molecular formula is C26H24N6O5S. The number of nitrogens with one attached hydrogen (secondary N) is 2. The zero-order chi connectivity index (χ0) is 26.9. The highest BCUT2D eigenvalue weighted by Gasteiger charge is 2.16. The van der Waals surface area contributed by atoms with Crippen LogP contribution in [0.4, 0.5) is 17.1 Å². The van der Waals surface area contributed by atoms with E-state index in [2.05, 4.69) is 20.8 Å². The van der Waals surface area contributed by atoms with Gasteiger partial charge in [-0.3, -0.25) is 24.3 Å². The number of aromatic nitrogens is 3. The summed E-state index contributed by atoms with van der Waals surface area (Å²) in [7, 11) is 0. The molecule has 0 unspecified atom stereocenters. The molecule has 2 amide bonds. The number of hydrogen-bond donors (Lipinski definition) is 2. The average Bonchev–Trinajstić information content (AvgIpc) is 3.28. The lowest BCUT2D eigenvalue weighted by molar-refractivity contribution is -0.384. The average molecular weight is 533 g/mol. The van der Waals surface area contributed by atoms with Gasteiger partial charge in [-0.15, -0.1) is 10.2 Å². The Hall–Kier alpha value is -4.71. The number of nitrogens with zero attached hydrogens (tertiary/aromatic N) is 4. The van der Waals surface area contributed by atoms with Crippen molar-refractivity contribution >= 4 is 40.6 Å². The van der Waals surface area contributed by atoms with E-state index in [9.17, 15) is 19.7 Å². The first-order valence-corrected chi connectivity index (χ1v) is 12.5. The predicted molar refractivity (Wildman–Crippen MR) is 143 cm³/mol. The summed E-state index contributed by atoms with van der Waals surface area (Å²) in [6, 6.07) is 22.4. The Kier molecular flexibility index (Phi) is 8.67. The molecule has 0 spiro atoms. The molecule has 12 heteroatoms. The highest BCUT2D eigenvalue weighted by molar-refractivity contribution is 7.99. The molecule has 11 nitrogen and oxygen atoms in total. The number of ether oxygens (including phenoxy) is 1. The highest BCUT2D eigenvalue weighted by atomic mass is 32.2. The number of benzene rings is 3. The molecule has 38 heavy (non-hydrogen) atoms. The van der Waals surface area contributed by atoms with E-state index in [-0.39, 0.29) is 29.9 Å². The predicted octanol–water partition coefficient (Wildman–Crippen LogP) is 4.50. The van der Waals surface area contributed by atoms with Crippen molar-refractivity contribution in [1.82, 2.24) is 14.8 Å². The fraction of sp³-hybridized carbons (Fsp3) is 0.154. The van der Waals surface area contributed by atoms with Gasteiger partial charge in [0, 0.05) is 30.4 Å². The largest absolute Gasteiger partial charge is 0.486 e. The van der Waals surface area contributed by atoms with Crippen LogP contribution in [-0.2, 0) is 22.7 Å². The van der Waals surface area contributed by atoms with E-state index in [0.717, 1.165) is 5.56 Å². The number of rotatable bonds is 11. The number of amides is 2. The number of nitro groups is 1. The van der Waals surface area contributed by atoms with Crippen LogP contribution in [0.1, 0.15) is 18.3 Å². The molecule has 2 N–H and O–H groups in total. The fourth-order valence-electron chi connectivity index (χ4n) is 3.44. The topological polar surface area (TPSA) is 141 Å². The van der Waals surface area contributed by atoms with Gasteiger partial charge in [-0.05, 0) is 42.0 Å². The third-order valence-electron chi connectivity index (χ3n) is 5.21. The molecule has 4 rings (SSSR count). The Bertz CT molecular complexity index is 1410. The molecule has 0 aliphatic carbocycles. The zero-order valence-electron chi connectivity index (χ0n) is 20.4. The van der Waals surface area contributed by atoms with Gasteiger partial charge in [0.1, 0.15) is 12.4 Å². The van der Waals surface area contributed by atoms with Gasteiger partial charge in [0.15, 0.2) is 11.0 Å². The summed E-state index contributed by atoms with van der Waals surface area (Å²) in [5.41, 5.74) is 2.11. The van der Waals surface area contributed by atoms with E-state index in [1.54, 1.807) is 24.3 Å². The van der Waals surface area contributed by atoms with Gasteiger partial charge in [-0.2, -0.15) is 0 Å². The minimum absolute atomic E-state index is 0.0511. The summed E-state index contributed by atoms with van der Waals surface area (Å²) >= 11 is 1.23. The summed E-state index contributed by atoms with van der Waals surface area (Å²) < 4.78 is 7.80. The normalized spacial score (nSPS) is 10.6. The Labute approximate surface area is 222 Å². The van der Waals surface area contributed by atoms with Gasteiger partial charge in [-0.25, -0.2) is 0 Å². The van der Waals surface area contributed by atoms with E-state index in [4.69, 9.17) is 4.74 Å². The molecule has 194 valence electrons. The van der Waals surface area contributed by atoms with Crippen molar-refractivity contribution in [3.8, 4) is 5.75 Å². The van der Waals surface area contributed by atoms with E-state index in [0.29, 0.717) is 34.6 Å². The third-order valence-corrected chi connectivity index (χ3v) is 6.18. The van der Waals surface area contributed by atoms with Crippen LogP contribution in [0.5, 0.6) is 5.75 Å². The molecule has 0 bridgehead atoms. The molecule has 0 atom stereocenters. The zero-order valence-corrected chi connectivity index (χ0v) is 21.2. The molecular weight excluding hydrogens is 508 g/mol. The van der Waals surface area contributed by atoms with Crippen LogP contribution in [0.3, 0.4) is 0 Å². The molecule has 4 aromatic rings. The number of anilines is 2. The summed E-state index contributed by atoms with van der Waals surface area (Å²) in [4.78, 5) is 34.0. The van der Waals surface area contributed by atoms with Crippen LogP contribution in [0.25, 0.3) is 0 Å². The highest BCUT2D eigenvalue weighted by Crippen LogP contribution is 2.22. The van der Waals surface area contributed by atoms with E-state index >= 15 is 0 Å². The maximum Gasteiger partial charge on any atom is 0.269 e. The SMILES string of the molecule is CC(=O)Nc1ccc(OCc2nnc(SCC(=O)Nc3ccc([N+](=O)[O-])cc3)n2Cc2ccccc2)cc1. The van der Waals surface area contributed by atoms with Crippen molar-refractivity contribution in [3.05, 3.63) is 100 Å². The number of carbonyl (C=O) groups excluding carboxylic acids is 2. The second-order valence-electron chi connectivity index (χ2n) is 8.11. The van der Waals surface area contributed by atoms with Gasteiger partial charge in [-0.1, -0.05) is 42.1 Å². The quantitative estimate of drug-likeness (QED) is 0.163. The second kappa shape index (κ2) is 12.5. The van der Waals surface area contributed by atoms with E-state index in [1.807, 2.05) is 34.9 Å². The maximum absolute atomic E-state index is 12.5. The Morgan fingerprint density at radius 1 is 0.947 bits per heavy atom. The fourth-order valence-corrected chi connectivity index (χ4v) is 4.19. The number of hydrogen-bond acceptors (Lipinski definition) is 8. The molecule has 1 heterocycles. The lowest BCUT2D eigenvalue weighted by Crippen LogP contribution is -2.15. The van der Waals surface area contributed by atoms with Crippen LogP contribution in [0, 0.1) is 10.1 Å². The van der Waals surface area contributed by atoms with E-state index < -0.39 is 4.92 Å². The van der Waals surface area contributed by atoms with Crippen molar-refractivity contribution in [2.24, 2.45) is 0 Å². The third kappa shape index (κ3) is 7.40. The van der Waals surface area contributed by atoms with Crippen molar-refractivity contribution in [2.45, 2.75) is 25.2 Å². The lowest BCUT2D eigenvalue weighted by Gasteiger charge is -2.12. The number of carbonyl (C=O) groups is 2. The lowest BCUT2D eigenvalue weighted by atomic mass is 10.2. The first-order valence-electron chi connectivity index (χ1n) is 11.5. The van der Waals surface area contributed by atoms with Crippen LogP contribution >= 0.6 is 11.8 Å². The van der Waals surface area contributed by atoms with Gasteiger partial charge in [0.2, 0.25) is 11.8 Å². The van der Waals surface area contributed by atoms with E-state index in [1.165, 1.54) is 43.0 Å². The molecule has 0 aliphatic heterocycles. The number of non-ortho nitro benzene ring substituents is 1. The van der Waals surface area contributed by atoms with Crippen LogP contribution in [0.2, 0.25) is 0 Å². The summed E-state index contributed by atoms with van der Waals surface area (Å²) in [6.45, 7) is 2.08. The molecule has 0 fully saturated rings. The van der Waals surface area contributed by atoms with Gasteiger partial charge in [0.05, 0.1) is 17.2 Å². The van der Waals surface area contributed by atoms with Crippen molar-refractivity contribution in [2.75, 3.05) is 16.4 Å². The smallest absolute Gasteiger partial charge is 0.269 e. The van der Waals surface area contributed by atoms with Gasteiger partial charge < -0.3 is 15.4 Å². The van der Waals surface area contributed by atoms with Crippen LogP contribution in [-0.4, -0.2) is 37.3 Å². The summed E-state index contributed by atoms with van der Waals surface area (Å²) in [5.74, 6) is 0.812. The van der Waals surface area contributed by atoms with Crippen molar-refractivity contribution < 1.29 is 19.2 Å². The van der Waals surface area contributed by atoms with Gasteiger partial charge >= 0.3 is 0 Å². The van der Waals surface area contributed by atoms with Crippen molar-refractivity contribution in [1.29, 1.82) is 0 Å². The number of thioether (sulfide) groups is 1. The molecule has 0 aliphatic rings.